The average Bonchev–Trinajstić information content (AvgIpc) is 3.33. The quantitative estimate of drug-likeness (QED) is 0.317. The molecule has 1 atom stereocenters. The number of amidine groups is 1. The molecule has 0 bridgehead atoms. The molecule has 1 aliphatic rings. The summed E-state index contributed by atoms with van der Waals surface area (Å²) in [4.78, 5) is 11.5. The molecular weight excluding hydrogens is 512 g/mol. The number of anilines is 1. The van der Waals surface area contributed by atoms with E-state index >= 15 is 0 Å². The highest BCUT2D eigenvalue weighted by atomic mass is 32.2. The number of aryl methyl sites for hydroxylation is 1. The van der Waals surface area contributed by atoms with Crippen LogP contribution >= 0.6 is 0 Å². The zero-order valence-corrected chi connectivity index (χ0v) is 22.0. The minimum atomic E-state index is -4.49. The molecule has 14 heteroatoms. The van der Waals surface area contributed by atoms with E-state index < -0.39 is 47.6 Å². The first kappa shape index (κ1) is 27.2. The topological polar surface area (TPSA) is 168 Å². The van der Waals surface area contributed by atoms with Gasteiger partial charge in [-0.15, -0.1) is 4.40 Å². The molecule has 1 aliphatic heterocycles. The Morgan fingerprint density at radius 2 is 1.92 bits per heavy atom. The van der Waals surface area contributed by atoms with Crippen molar-refractivity contribution in [1.29, 1.82) is 0 Å². The minimum Gasteiger partial charge on any atom is -0.504 e. The summed E-state index contributed by atoms with van der Waals surface area (Å²) >= 11 is 0. The van der Waals surface area contributed by atoms with Crippen molar-refractivity contribution in [1.82, 2.24) is 9.62 Å². The number of hydrogen-bond acceptors (Lipinski definition) is 10. The van der Waals surface area contributed by atoms with Gasteiger partial charge in [0.25, 0.3) is 10.0 Å². The highest BCUT2D eigenvalue weighted by Gasteiger charge is 2.40. The van der Waals surface area contributed by atoms with E-state index in [-0.39, 0.29) is 23.8 Å². The van der Waals surface area contributed by atoms with Crippen LogP contribution in [0, 0.1) is 6.92 Å². The smallest absolute Gasteiger partial charge is 0.354 e. The maximum atomic E-state index is 12.9. The third-order valence-electron chi connectivity index (χ3n) is 5.24. The molecule has 0 spiro atoms. The third-order valence-corrected chi connectivity index (χ3v) is 8.39. The van der Waals surface area contributed by atoms with E-state index in [9.17, 15) is 26.7 Å². The van der Waals surface area contributed by atoms with Crippen molar-refractivity contribution >= 4 is 37.5 Å². The molecule has 2 heterocycles. The summed E-state index contributed by atoms with van der Waals surface area (Å²) in [7, 11) is -5.93. The van der Waals surface area contributed by atoms with Gasteiger partial charge in [0.2, 0.25) is 14.9 Å². The monoisotopic (exact) mass is 540 g/mol. The Balaban J connectivity index is 2.13. The van der Waals surface area contributed by atoms with Crippen LogP contribution in [0.4, 0.5) is 5.69 Å². The Morgan fingerprint density at radius 1 is 1.22 bits per heavy atom. The summed E-state index contributed by atoms with van der Waals surface area (Å²) in [6, 6.07) is 6.85. The summed E-state index contributed by atoms with van der Waals surface area (Å²) in [5.74, 6) is -0.880. The number of esters is 1. The first-order valence-corrected chi connectivity index (χ1v) is 13.8. The van der Waals surface area contributed by atoms with E-state index in [1.807, 2.05) is 6.92 Å². The molecule has 0 radical (unpaired) electrons. The van der Waals surface area contributed by atoms with Crippen LogP contribution in [0.25, 0.3) is 0 Å². The standard InChI is InChI=1S/C22H28N4O8S2/c1-6-14(16-12-11-13(3)34-16)24-21-18(20(22(28)33-7-2)35(29,30)25-21)23-15-9-8-10-17(19(15)27)36(31,32)26(4)5/h8-12,14,23,27H,6-7H2,1-5H3,(H,24,25)/t14-/m1/s1. The molecule has 0 fully saturated rings. The maximum absolute atomic E-state index is 12.9. The number of aromatic hydroxyl groups is 1. The van der Waals surface area contributed by atoms with E-state index in [1.165, 1.54) is 39.2 Å². The van der Waals surface area contributed by atoms with Crippen molar-refractivity contribution < 1.29 is 35.9 Å². The molecule has 196 valence electrons. The van der Waals surface area contributed by atoms with Gasteiger partial charge in [-0.2, -0.15) is 8.42 Å². The lowest BCUT2D eigenvalue weighted by atomic mass is 10.1. The highest BCUT2D eigenvalue weighted by Crippen LogP contribution is 2.35. The van der Waals surface area contributed by atoms with Crippen molar-refractivity contribution in [2.24, 2.45) is 4.40 Å². The molecule has 0 aliphatic carbocycles. The second-order valence-electron chi connectivity index (χ2n) is 7.96. The van der Waals surface area contributed by atoms with Crippen LogP contribution in [0.2, 0.25) is 0 Å². The Morgan fingerprint density at radius 3 is 2.47 bits per heavy atom. The van der Waals surface area contributed by atoms with Gasteiger partial charge in [-0.05, 0) is 44.5 Å². The zero-order valence-electron chi connectivity index (χ0n) is 20.4. The molecule has 12 nitrogen and oxygen atoms in total. The second-order valence-corrected chi connectivity index (χ2v) is 11.6. The number of carbonyl (C=O) groups excluding carboxylic acids is 1. The number of benzene rings is 1. The van der Waals surface area contributed by atoms with Gasteiger partial charge in [-0.3, -0.25) is 0 Å². The lowest BCUT2D eigenvalue weighted by Crippen LogP contribution is -2.31. The van der Waals surface area contributed by atoms with Gasteiger partial charge in [0.05, 0.1) is 18.3 Å². The van der Waals surface area contributed by atoms with Crippen LogP contribution in [0.3, 0.4) is 0 Å². The Kier molecular flexibility index (Phi) is 7.81. The van der Waals surface area contributed by atoms with Gasteiger partial charge in [0.15, 0.2) is 11.6 Å². The SMILES string of the molecule is CCOC(=O)C1=C(Nc2cccc(S(=O)(=O)N(C)C)c2O)C(N[C@H](CC)c2ccc(C)o2)=NS1(=O)=O. The first-order chi connectivity index (χ1) is 16.8. The number of rotatable bonds is 9. The maximum Gasteiger partial charge on any atom is 0.354 e. The van der Waals surface area contributed by atoms with Crippen molar-refractivity contribution in [2.45, 2.75) is 38.1 Å². The van der Waals surface area contributed by atoms with Gasteiger partial charge in [0.1, 0.15) is 22.1 Å². The molecule has 3 N–H and O–H groups in total. The number of sulfonamides is 2. The minimum absolute atomic E-state index is 0.0982. The number of hydrogen-bond donors (Lipinski definition) is 3. The number of carbonyl (C=O) groups is 1. The van der Waals surface area contributed by atoms with Crippen LogP contribution in [0.5, 0.6) is 5.75 Å². The van der Waals surface area contributed by atoms with E-state index in [0.29, 0.717) is 17.9 Å². The fourth-order valence-corrected chi connectivity index (χ4v) is 5.56. The van der Waals surface area contributed by atoms with Crippen LogP contribution in [-0.4, -0.2) is 58.8 Å². The van der Waals surface area contributed by atoms with Crippen molar-refractivity contribution in [3.8, 4) is 5.75 Å². The lowest BCUT2D eigenvalue weighted by molar-refractivity contribution is -0.137. The van der Waals surface area contributed by atoms with Gasteiger partial charge >= 0.3 is 5.97 Å². The number of ether oxygens (including phenoxy) is 1. The van der Waals surface area contributed by atoms with Crippen molar-refractivity contribution in [3.05, 3.63) is 52.5 Å². The van der Waals surface area contributed by atoms with E-state index in [1.54, 1.807) is 19.1 Å². The predicted molar refractivity (Wildman–Crippen MR) is 132 cm³/mol. The van der Waals surface area contributed by atoms with E-state index in [0.717, 1.165) is 4.31 Å². The largest absolute Gasteiger partial charge is 0.504 e. The Hall–Kier alpha value is -3.36. The van der Waals surface area contributed by atoms with Crippen molar-refractivity contribution in [2.75, 3.05) is 26.0 Å². The molecule has 2 aromatic rings. The van der Waals surface area contributed by atoms with E-state index in [4.69, 9.17) is 9.15 Å². The number of nitrogens with one attached hydrogen (secondary N) is 2. The summed E-state index contributed by atoms with van der Waals surface area (Å²) in [6.07, 6.45) is 0.468. The number of para-hydroxylation sites is 1. The summed E-state index contributed by atoms with van der Waals surface area (Å²) < 4.78 is 66.2. The zero-order chi connectivity index (χ0) is 26.8. The normalized spacial score (nSPS) is 16.1. The number of phenolic OH excluding ortho intramolecular Hbond substituents is 1. The molecule has 0 unspecified atom stereocenters. The molecule has 0 saturated heterocycles. The van der Waals surface area contributed by atoms with Crippen LogP contribution in [0.15, 0.2) is 54.6 Å². The molecule has 0 saturated carbocycles. The van der Waals surface area contributed by atoms with Crippen LogP contribution in [0.1, 0.15) is 37.8 Å². The molecule has 1 aromatic heterocycles. The summed E-state index contributed by atoms with van der Waals surface area (Å²) in [5.41, 5.74) is -0.465. The fourth-order valence-electron chi connectivity index (χ4n) is 3.41. The van der Waals surface area contributed by atoms with Crippen LogP contribution < -0.4 is 10.6 Å². The highest BCUT2D eigenvalue weighted by molar-refractivity contribution is 7.95. The predicted octanol–water partition coefficient (Wildman–Crippen LogP) is 2.21. The second kappa shape index (κ2) is 10.3. The van der Waals surface area contributed by atoms with E-state index in [2.05, 4.69) is 15.0 Å². The number of furan rings is 1. The lowest BCUT2D eigenvalue weighted by Gasteiger charge is -2.20. The third kappa shape index (κ3) is 5.24. The van der Waals surface area contributed by atoms with Gasteiger partial charge < -0.3 is 24.9 Å². The summed E-state index contributed by atoms with van der Waals surface area (Å²) in [5, 5.41) is 16.4. The molecular formula is C22H28N4O8S2. The number of nitrogens with zero attached hydrogens (tertiary/aromatic N) is 2. The first-order valence-electron chi connectivity index (χ1n) is 10.9. The Bertz CT molecular complexity index is 1440. The fraction of sp³-hybridized carbons (Fsp3) is 0.364. The molecule has 1 aromatic carbocycles. The molecule has 3 rings (SSSR count). The molecule has 36 heavy (non-hydrogen) atoms. The van der Waals surface area contributed by atoms with Gasteiger partial charge in [-0.1, -0.05) is 13.0 Å². The van der Waals surface area contributed by atoms with Crippen molar-refractivity contribution in [3.63, 3.8) is 0 Å². The molecule has 0 amide bonds. The average molecular weight is 541 g/mol. The van der Waals surface area contributed by atoms with Gasteiger partial charge in [-0.25, -0.2) is 17.5 Å². The van der Waals surface area contributed by atoms with Crippen LogP contribution in [-0.2, 0) is 29.6 Å². The Labute approximate surface area is 209 Å². The summed E-state index contributed by atoms with van der Waals surface area (Å²) in [6.45, 7) is 5.01. The number of phenols is 1. The van der Waals surface area contributed by atoms with Gasteiger partial charge in [0, 0.05) is 14.1 Å².